The van der Waals surface area contributed by atoms with Crippen molar-refractivity contribution in [3.8, 4) is 5.88 Å². The zero-order valence-electron chi connectivity index (χ0n) is 14.4. The van der Waals surface area contributed by atoms with Crippen molar-refractivity contribution in [3.05, 3.63) is 41.9 Å². The standard InChI is InChI=1S/C16H23N5O3S/c1-24-16-13(4-3-7-17-16)10-20-11-14-5-8-18-21(14)15(12-20)6-9-19-25(2,22)23/h3-5,7-8,15,19H,6,9-12H2,1-2H3/t15-/m0/s1. The van der Waals surface area contributed by atoms with Crippen molar-refractivity contribution in [1.82, 2.24) is 24.4 Å². The van der Waals surface area contributed by atoms with Gasteiger partial charge in [-0.2, -0.15) is 5.10 Å². The first-order valence-corrected chi connectivity index (χ1v) is 10.0. The summed E-state index contributed by atoms with van der Waals surface area (Å²) in [5.74, 6) is 0.636. The minimum absolute atomic E-state index is 0.121. The zero-order valence-corrected chi connectivity index (χ0v) is 15.2. The molecule has 136 valence electrons. The molecule has 0 amide bonds. The fourth-order valence-corrected chi connectivity index (χ4v) is 3.67. The predicted molar refractivity (Wildman–Crippen MR) is 93.6 cm³/mol. The van der Waals surface area contributed by atoms with Crippen LogP contribution in [0.4, 0.5) is 0 Å². The van der Waals surface area contributed by atoms with Gasteiger partial charge in [-0.1, -0.05) is 6.07 Å². The number of hydrogen-bond donors (Lipinski definition) is 1. The molecule has 9 heteroatoms. The maximum absolute atomic E-state index is 11.3. The number of aromatic nitrogens is 3. The van der Waals surface area contributed by atoms with Crippen LogP contribution in [0, 0.1) is 0 Å². The summed E-state index contributed by atoms with van der Waals surface area (Å²) < 4.78 is 32.5. The quantitative estimate of drug-likeness (QED) is 0.780. The van der Waals surface area contributed by atoms with Crippen LogP contribution in [0.3, 0.4) is 0 Å². The molecule has 0 spiro atoms. The Bertz CT molecular complexity index is 821. The van der Waals surface area contributed by atoms with Gasteiger partial charge in [0.2, 0.25) is 15.9 Å². The molecule has 1 aliphatic heterocycles. The molecule has 1 aliphatic rings. The molecule has 2 aromatic rings. The third kappa shape index (κ3) is 4.56. The molecule has 0 bridgehead atoms. The summed E-state index contributed by atoms with van der Waals surface area (Å²) in [5.41, 5.74) is 2.16. The van der Waals surface area contributed by atoms with Crippen molar-refractivity contribution in [2.45, 2.75) is 25.6 Å². The Morgan fingerprint density at radius 3 is 2.96 bits per heavy atom. The fourth-order valence-electron chi connectivity index (χ4n) is 3.18. The molecule has 0 aromatic carbocycles. The summed E-state index contributed by atoms with van der Waals surface area (Å²) in [6.07, 6.45) is 5.37. The van der Waals surface area contributed by atoms with E-state index in [-0.39, 0.29) is 6.04 Å². The zero-order chi connectivity index (χ0) is 17.9. The minimum atomic E-state index is -3.18. The molecule has 0 fully saturated rings. The highest BCUT2D eigenvalue weighted by atomic mass is 32.2. The lowest BCUT2D eigenvalue weighted by Gasteiger charge is -2.34. The second-order valence-electron chi connectivity index (χ2n) is 6.22. The Kier molecular flexibility index (Phi) is 5.36. The summed E-state index contributed by atoms with van der Waals surface area (Å²) in [4.78, 5) is 6.56. The molecular weight excluding hydrogens is 342 g/mol. The van der Waals surface area contributed by atoms with Crippen LogP contribution in [-0.2, 0) is 23.1 Å². The Morgan fingerprint density at radius 2 is 2.20 bits per heavy atom. The Morgan fingerprint density at radius 1 is 1.36 bits per heavy atom. The SMILES string of the molecule is COc1ncccc1CN1Cc2ccnn2[C@@H](CCNS(C)(=O)=O)C1. The lowest BCUT2D eigenvalue weighted by Crippen LogP contribution is -2.38. The summed E-state index contributed by atoms with van der Waals surface area (Å²) in [5, 5.41) is 4.40. The van der Waals surface area contributed by atoms with Crippen LogP contribution in [0.1, 0.15) is 23.7 Å². The van der Waals surface area contributed by atoms with Gasteiger partial charge in [-0.25, -0.2) is 18.1 Å². The number of pyridine rings is 1. The van der Waals surface area contributed by atoms with Crippen LogP contribution in [0.25, 0.3) is 0 Å². The molecule has 3 rings (SSSR count). The second kappa shape index (κ2) is 7.51. The molecule has 1 N–H and O–H groups in total. The van der Waals surface area contributed by atoms with Crippen molar-refractivity contribution < 1.29 is 13.2 Å². The summed E-state index contributed by atoms with van der Waals surface area (Å²) in [6.45, 7) is 2.69. The predicted octanol–water partition coefficient (Wildman–Crippen LogP) is 0.783. The van der Waals surface area contributed by atoms with Gasteiger partial charge in [-0.15, -0.1) is 0 Å². The maximum atomic E-state index is 11.3. The van der Waals surface area contributed by atoms with Crippen LogP contribution in [0.5, 0.6) is 5.88 Å². The third-order valence-corrected chi connectivity index (χ3v) is 4.96. The van der Waals surface area contributed by atoms with Gasteiger partial charge < -0.3 is 4.74 Å². The number of rotatable bonds is 7. The largest absolute Gasteiger partial charge is 0.481 e. The van der Waals surface area contributed by atoms with E-state index in [9.17, 15) is 8.42 Å². The average Bonchev–Trinajstić information content (AvgIpc) is 3.03. The fraction of sp³-hybridized carbons (Fsp3) is 0.500. The summed E-state index contributed by atoms with van der Waals surface area (Å²) >= 11 is 0. The first-order chi connectivity index (χ1) is 12.0. The van der Waals surface area contributed by atoms with Gasteiger partial charge in [-0.3, -0.25) is 9.58 Å². The van der Waals surface area contributed by atoms with Gasteiger partial charge in [0.15, 0.2) is 0 Å². The van der Waals surface area contributed by atoms with E-state index in [0.717, 1.165) is 30.9 Å². The van der Waals surface area contributed by atoms with Crippen LogP contribution in [0.2, 0.25) is 0 Å². The lowest BCUT2D eigenvalue weighted by atomic mass is 10.1. The number of nitrogens with zero attached hydrogens (tertiary/aromatic N) is 4. The average molecular weight is 365 g/mol. The van der Waals surface area contributed by atoms with E-state index in [2.05, 4.69) is 19.7 Å². The number of fused-ring (bicyclic) bond motifs is 1. The molecule has 0 saturated heterocycles. The van der Waals surface area contributed by atoms with Crippen LogP contribution in [-0.4, -0.2) is 54.5 Å². The molecule has 1 atom stereocenters. The van der Waals surface area contributed by atoms with E-state index in [1.54, 1.807) is 19.5 Å². The molecule has 8 nitrogen and oxygen atoms in total. The number of nitrogens with one attached hydrogen (secondary N) is 1. The Balaban J connectivity index is 1.71. The monoisotopic (exact) mass is 365 g/mol. The van der Waals surface area contributed by atoms with E-state index in [0.29, 0.717) is 18.8 Å². The highest BCUT2D eigenvalue weighted by Gasteiger charge is 2.26. The summed E-state index contributed by atoms with van der Waals surface area (Å²) in [6, 6.07) is 6.04. The van der Waals surface area contributed by atoms with Gasteiger partial charge >= 0.3 is 0 Å². The molecular formula is C16H23N5O3S. The molecule has 25 heavy (non-hydrogen) atoms. The van der Waals surface area contributed by atoms with Gasteiger partial charge in [0.25, 0.3) is 0 Å². The van der Waals surface area contributed by atoms with E-state index in [1.807, 2.05) is 22.9 Å². The topological polar surface area (TPSA) is 89.3 Å². The molecule has 0 saturated carbocycles. The van der Waals surface area contributed by atoms with Crippen molar-refractivity contribution >= 4 is 10.0 Å². The number of ether oxygens (including phenoxy) is 1. The first kappa shape index (κ1) is 17.8. The van der Waals surface area contributed by atoms with E-state index in [4.69, 9.17) is 4.74 Å². The van der Waals surface area contributed by atoms with Crippen LogP contribution in [0.15, 0.2) is 30.6 Å². The van der Waals surface area contributed by atoms with Crippen molar-refractivity contribution in [1.29, 1.82) is 0 Å². The van der Waals surface area contributed by atoms with Gasteiger partial charge in [0.1, 0.15) is 0 Å². The van der Waals surface area contributed by atoms with Crippen molar-refractivity contribution in [2.24, 2.45) is 0 Å². The van der Waals surface area contributed by atoms with E-state index in [1.165, 1.54) is 6.26 Å². The molecule has 2 aromatic heterocycles. The van der Waals surface area contributed by atoms with Gasteiger partial charge in [0, 0.05) is 44.1 Å². The molecule has 0 aliphatic carbocycles. The number of hydrogen-bond acceptors (Lipinski definition) is 6. The lowest BCUT2D eigenvalue weighted by molar-refractivity contribution is 0.160. The summed E-state index contributed by atoms with van der Waals surface area (Å²) in [7, 11) is -1.56. The van der Waals surface area contributed by atoms with Crippen LogP contribution >= 0.6 is 0 Å². The Labute approximate surface area is 147 Å². The maximum Gasteiger partial charge on any atom is 0.217 e. The second-order valence-corrected chi connectivity index (χ2v) is 8.05. The highest BCUT2D eigenvalue weighted by Crippen LogP contribution is 2.25. The van der Waals surface area contributed by atoms with E-state index < -0.39 is 10.0 Å². The van der Waals surface area contributed by atoms with Crippen molar-refractivity contribution in [3.63, 3.8) is 0 Å². The molecule has 3 heterocycles. The first-order valence-electron chi connectivity index (χ1n) is 8.13. The van der Waals surface area contributed by atoms with Crippen LogP contribution < -0.4 is 9.46 Å². The molecule has 0 unspecified atom stereocenters. The Hall–Kier alpha value is -1.97. The van der Waals surface area contributed by atoms with Gasteiger partial charge in [-0.05, 0) is 18.6 Å². The number of methoxy groups -OCH3 is 1. The number of sulfonamides is 1. The highest BCUT2D eigenvalue weighted by molar-refractivity contribution is 7.88. The minimum Gasteiger partial charge on any atom is -0.481 e. The smallest absolute Gasteiger partial charge is 0.217 e. The third-order valence-electron chi connectivity index (χ3n) is 4.23. The van der Waals surface area contributed by atoms with E-state index >= 15 is 0 Å². The normalized spacial score (nSPS) is 18.1. The van der Waals surface area contributed by atoms with Crippen molar-refractivity contribution in [2.75, 3.05) is 26.5 Å². The van der Waals surface area contributed by atoms with Gasteiger partial charge in [0.05, 0.1) is 25.1 Å². The molecule has 0 radical (unpaired) electrons.